The van der Waals surface area contributed by atoms with E-state index in [2.05, 4.69) is 5.32 Å². The fraction of sp³-hybridized carbons (Fsp3) is 0.333. The SMILES string of the molecule is Nc1ccc(F)c(F)c1NC(CO)CO. The van der Waals surface area contributed by atoms with Gasteiger partial charge in [-0.15, -0.1) is 0 Å². The summed E-state index contributed by atoms with van der Waals surface area (Å²) in [6.45, 7) is -0.822. The minimum Gasteiger partial charge on any atom is -0.397 e. The van der Waals surface area contributed by atoms with E-state index in [4.69, 9.17) is 15.9 Å². The summed E-state index contributed by atoms with van der Waals surface area (Å²) in [5.74, 6) is -2.16. The number of nitrogen functional groups attached to an aromatic ring is 1. The highest BCUT2D eigenvalue weighted by Crippen LogP contribution is 2.25. The number of halogens is 2. The van der Waals surface area contributed by atoms with Crippen molar-refractivity contribution < 1.29 is 19.0 Å². The van der Waals surface area contributed by atoms with Gasteiger partial charge in [-0.25, -0.2) is 8.78 Å². The van der Waals surface area contributed by atoms with Gasteiger partial charge in [0, 0.05) is 0 Å². The van der Waals surface area contributed by atoms with Crippen LogP contribution in [0, 0.1) is 11.6 Å². The molecule has 0 saturated carbocycles. The number of anilines is 2. The van der Waals surface area contributed by atoms with Gasteiger partial charge in [0.05, 0.1) is 30.6 Å². The van der Waals surface area contributed by atoms with Gasteiger partial charge in [0.25, 0.3) is 0 Å². The van der Waals surface area contributed by atoms with Crippen molar-refractivity contribution in [3.8, 4) is 0 Å². The van der Waals surface area contributed by atoms with Crippen LogP contribution in [0.3, 0.4) is 0 Å². The molecule has 0 heterocycles. The maximum absolute atomic E-state index is 13.2. The summed E-state index contributed by atoms with van der Waals surface area (Å²) in [7, 11) is 0. The molecule has 0 amide bonds. The Hall–Kier alpha value is -1.40. The molecule has 5 N–H and O–H groups in total. The van der Waals surface area contributed by atoms with Gasteiger partial charge >= 0.3 is 0 Å². The number of nitrogens with two attached hydrogens (primary N) is 1. The summed E-state index contributed by atoms with van der Waals surface area (Å²) < 4.78 is 26.0. The molecule has 0 fully saturated rings. The molecule has 0 unspecified atom stereocenters. The van der Waals surface area contributed by atoms with Crippen LogP contribution >= 0.6 is 0 Å². The van der Waals surface area contributed by atoms with Crippen molar-refractivity contribution in [1.82, 2.24) is 0 Å². The topological polar surface area (TPSA) is 78.5 Å². The van der Waals surface area contributed by atoms with E-state index in [9.17, 15) is 8.78 Å². The lowest BCUT2D eigenvalue weighted by Crippen LogP contribution is -2.28. The smallest absolute Gasteiger partial charge is 0.183 e. The molecule has 15 heavy (non-hydrogen) atoms. The van der Waals surface area contributed by atoms with Crippen LogP contribution in [0.4, 0.5) is 20.2 Å². The summed E-state index contributed by atoms with van der Waals surface area (Å²) in [5.41, 5.74) is 5.18. The number of nitrogens with one attached hydrogen (secondary N) is 1. The highest BCUT2D eigenvalue weighted by Gasteiger charge is 2.15. The van der Waals surface area contributed by atoms with Crippen molar-refractivity contribution in [2.24, 2.45) is 0 Å². The van der Waals surface area contributed by atoms with Crippen molar-refractivity contribution in [2.45, 2.75) is 6.04 Å². The van der Waals surface area contributed by atoms with Crippen molar-refractivity contribution in [2.75, 3.05) is 24.3 Å². The van der Waals surface area contributed by atoms with Gasteiger partial charge in [0.15, 0.2) is 11.6 Å². The normalized spacial score (nSPS) is 10.7. The number of aliphatic hydroxyl groups excluding tert-OH is 2. The average molecular weight is 218 g/mol. The molecule has 6 heteroatoms. The molecule has 0 atom stereocenters. The molecule has 0 saturated heterocycles. The first-order valence-corrected chi connectivity index (χ1v) is 4.31. The van der Waals surface area contributed by atoms with Gasteiger partial charge in [0.2, 0.25) is 0 Å². The van der Waals surface area contributed by atoms with E-state index in [1.165, 1.54) is 6.07 Å². The van der Waals surface area contributed by atoms with Crippen LogP contribution in [-0.4, -0.2) is 29.5 Å². The lowest BCUT2D eigenvalue weighted by Gasteiger charge is -2.17. The standard InChI is InChI=1S/C9H12F2N2O2/c10-6-1-2-7(12)9(8(6)11)13-5(3-14)4-15/h1-2,5,13-15H,3-4,12H2. The van der Waals surface area contributed by atoms with E-state index < -0.39 is 30.9 Å². The van der Waals surface area contributed by atoms with Crippen LogP contribution in [0.15, 0.2) is 12.1 Å². The fourth-order valence-electron chi connectivity index (χ4n) is 1.07. The molecule has 84 valence electrons. The molecule has 1 rings (SSSR count). The van der Waals surface area contributed by atoms with Crippen LogP contribution in [0.2, 0.25) is 0 Å². The van der Waals surface area contributed by atoms with E-state index in [-0.39, 0.29) is 11.4 Å². The van der Waals surface area contributed by atoms with Crippen molar-refractivity contribution in [3.05, 3.63) is 23.8 Å². The van der Waals surface area contributed by atoms with Crippen LogP contribution < -0.4 is 11.1 Å². The van der Waals surface area contributed by atoms with E-state index in [0.29, 0.717) is 0 Å². The Morgan fingerprint density at radius 1 is 1.27 bits per heavy atom. The van der Waals surface area contributed by atoms with E-state index >= 15 is 0 Å². The minimum atomic E-state index is -1.12. The second kappa shape index (κ2) is 4.90. The van der Waals surface area contributed by atoms with E-state index in [1.807, 2.05) is 0 Å². The van der Waals surface area contributed by atoms with E-state index in [0.717, 1.165) is 6.07 Å². The van der Waals surface area contributed by atoms with Crippen molar-refractivity contribution >= 4 is 11.4 Å². The molecule has 4 nitrogen and oxygen atoms in total. The molecule has 1 aromatic carbocycles. The highest BCUT2D eigenvalue weighted by molar-refractivity contribution is 5.67. The van der Waals surface area contributed by atoms with Gasteiger partial charge in [-0.1, -0.05) is 0 Å². The summed E-state index contributed by atoms with van der Waals surface area (Å²) in [5, 5.41) is 19.9. The van der Waals surface area contributed by atoms with Crippen molar-refractivity contribution in [3.63, 3.8) is 0 Å². The summed E-state index contributed by atoms with van der Waals surface area (Å²) >= 11 is 0. The van der Waals surface area contributed by atoms with Crippen LogP contribution in [0.5, 0.6) is 0 Å². The zero-order valence-electron chi connectivity index (χ0n) is 7.87. The Bertz CT molecular complexity index is 343. The van der Waals surface area contributed by atoms with Gasteiger partial charge < -0.3 is 21.3 Å². The van der Waals surface area contributed by atoms with Gasteiger partial charge in [0.1, 0.15) is 0 Å². The summed E-state index contributed by atoms with van der Waals surface area (Å²) in [6.07, 6.45) is 0. The number of aliphatic hydroxyl groups is 2. The highest BCUT2D eigenvalue weighted by atomic mass is 19.2. The number of hydrogen-bond donors (Lipinski definition) is 4. The number of rotatable bonds is 4. The fourth-order valence-corrected chi connectivity index (χ4v) is 1.07. The first-order chi connectivity index (χ1) is 7.10. The minimum absolute atomic E-state index is 0.0146. The molecule has 1 aromatic rings. The van der Waals surface area contributed by atoms with Crippen LogP contribution in [0.25, 0.3) is 0 Å². The molecule has 0 bridgehead atoms. The third kappa shape index (κ3) is 2.54. The first kappa shape index (κ1) is 11.7. The average Bonchev–Trinajstić information content (AvgIpc) is 2.24. The zero-order valence-corrected chi connectivity index (χ0v) is 7.87. The Balaban J connectivity index is 2.97. The van der Waals surface area contributed by atoms with Gasteiger partial charge in [-0.3, -0.25) is 0 Å². The molecule has 0 aromatic heterocycles. The predicted molar refractivity (Wildman–Crippen MR) is 52.4 cm³/mol. The Morgan fingerprint density at radius 3 is 2.40 bits per heavy atom. The lowest BCUT2D eigenvalue weighted by atomic mass is 10.2. The lowest BCUT2D eigenvalue weighted by molar-refractivity contribution is 0.203. The second-order valence-corrected chi connectivity index (χ2v) is 3.03. The maximum atomic E-state index is 13.2. The van der Waals surface area contributed by atoms with Crippen LogP contribution in [0.1, 0.15) is 0 Å². The third-order valence-corrected chi connectivity index (χ3v) is 1.92. The molecular weight excluding hydrogens is 206 g/mol. The van der Waals surface area contributed by atoms with Crippen LogP contribution in [-0.2, 0) is 0 Å². The largest absolute Gasteiger partial charge is 0.397 e. The molecule has 0 radical (unpaired) electrons. The monoisotopic (exact) mass is 218 g/mol. The van der Waals surface area contributed by atoms with Crippen molar-refractivity contribution in [1.29, 1.82) is 0 Å². The quantitative estimate of drug-likeness (QED) is 0.548. The zero-order chi connectivity index (χ0) is 11.4. The molecule has 0 aliphatic heterocycles. The second-order valence-electron chi connectivity index (χ2n) is 3.03. The number of benzene rings is 1. The molecular formula is C9H12F2N2O2. The Labute approximate surface area is 85.3 Å². The van der Waals surface area contributed by atoms with Gasteiger partial charge in [-0.05, 0) is 12.1 Å². The predicted octanol–water partition coefficient (Wildman–Crippen LogP) is 0.312. The third-order valence-electron chi connectivity index (χ3n) is 1.92. The summed E-state index contributed by atoms with van der Waals surface area (Å²) in [6, 6.07) is 1.33. The Kier molecular flexibility index (Phi) is 3.81. The van der Waals surface area contributed by atoms with E-state index in [1.54, 1.807) is 0 Å². The number of hydrogen-bond acceptors (Lipinski definition) is 4. The molecule has 0 aliphatic rings. The molecule has 0 spiro atoms. The molecule has 0 aliphatic carbocycles. The summed E-state index contributed by atoms with van der Waals surface area (Å²) in [4.78, 5) is 0. The van der Waals surface area contributed by atoms with Gasteiger partial charge in [-0.2, -0.15) is 0 Å². The Morgan fingerprint density at radius 2 is 1.87 bits per heavy atom. The maximum Gasteiger partial charge on any atom is 0.183 e. The first-order valence-electron chi connectivity index (χ1n) is 4.31.